The molecule has 0 aliphatic rings. The van der Waals surface area contributed by atoms with Gasteiger partial charge in [-0.1, -0.05) is 48.5 Å². The molecular weight excluding hydrogens is 430 g/mol. The number of nitrogens with one attached hydrogen (secondary N) is 1. The standard InChI is InChI=1S/C22H19N5O4S/c23-21-17(13-14-9-11-16(12-10-14)26-32(30)31)20(15-5-2-1-3-6-15)25-27(21)19-8-4-7-18(24-19)22(28)29/h1-12,32H,13,23H2,(H,28,29)(H,26,30,31). The van der Waals surface area contributed by atoms with E-state index in [4.69, 9.17) is 5.73 Å². The largest absolute Gasteiger partial charge is 0.477 e. The average Bonchev–Trinajstić information content (AvgIpc) is 3.11. The van der Waals surface area contributed by atoms with Crippen LogP contribution >= 0.6 is 0 Å². The van der Waals surface area contributed by atoms with E-state index in [2.05, 4.69) is 14.8 Å². The number of aromatic nitrogens is 3. The van der Waals surface area contributed by atoms with Crippen LogP contribution in [-0.2, 0) is 17.3 Å². The van der Waals surface area contributed by atoms with Gasteiger partial charge in [0.15, 0.2) is 11.5 Å². The highest BCUT2D eigenvalue weighted by Gasteiger charge is 2.20. The van der Waals surface area contributed by atoms with E-state index in [1.165, 1.54) is 10.7 Å². The molecule has 4 N–H and O–H groups in total. The minimum Gasteiger partial charge on any atom is -0.477 e. The predicted octanol–water partition coefficient (Wildman–Crippen LogP) is 2.74. The number of rotatable bonds is 7. The number of nitrogen functional groups attached to an aromatic ring is 1. The summed E-state index contributed by atoms with van der Waals surface area (Å²) in [5, 5.41) is 13.9. The fourth-order valence-corrected chi connectivity index (χ4v) is 3.67. The Bertz CT molecular complexity index is 1340. The van der Waals surface area contributed by atoms with Gasteiger partial charge in [-0.2, -0.15) is 9.78 Å². The summed E-state index contributed by atoms with van der Waals surface area (Å²) in [6, 6.07) is 21.1. The molecule has 2 aromatic heterocycles. The van der Waals surface area contributed by atoms with Crippen molar-refractivity contribution in [1.29, 1.82) is 0 Å². The van der Waals surface area contributed by atoms with E-state index in [1.807, 2.05) is 30.3 Å². The van der Waals surface area contributed by atoms with Gasteiger partial charge >= 0.3 is 5.97 Å². The molecule has 0 radical (unpaired) electrons. The Morgan fingerprint density at radius 2 is 1.72 bits per heavy atom. The number of hydrogen-bond acceptors (Lipinski definition) is 6. The van der Waals surface area contributed by atoms with E-state index >= 15 is 0 Å². The number of pyridine rings is 1. The van der Waals surface area contributed by atoms with Crippen LogP contribution in [0.5, 0.6) is 0 Å². The summed E-state index contributed by atoms with van der Waals surface area (Å²) >= 11 is 0. The second-order valence-corrected chi connectivity index (χ2v) is 7.66. The molecule has 0 saturated carbocycles. The van der Waals surface area contributed by atoms with E-state index < -0.39 is 16.9 Å². The molecule has 2 aromatic carbocycles. The van der Waals surface area contributed by atoms with E-state index in [1.54, 1.807) is 36.4 Å². The molecule has 0 saturated heterocycles. The third kappa shape index (κ3) is 4.44. The molecule has 162 valence electrons. The summed E-state index contributed by atoms with van der Waals surface area (Å²) in [5.74, 6) is -0.511. The average molecular weight is 449 g/mol. The van der Waals surface area contributed by atoms with Crippen molar-refractivity contribution >= 4 is 28.4 Å². The first-order valence-electron chi connectivity index (χ1n) is 9.56. The van der Waals surface area contributed by atoms with Crippen LogP contribution in [0.3, 0.4) is 0 Å². The van der Waals surface area contributed by atoms with Gasteiger partial charge < -0.3 is 10.8 Å². The van der Waals surface area contributed by atoms with Gasteiger partial charge in [-0.3, -0.25) is 4.72 Å². The van der Waals surface area contributed by atoms with Gasteiger partial charge in [0.05, 0.1) is 5.69 Å². The van der Waals surface area contributed by atoms with Gasteiger partial charge in [0, 0.05) is 23.2 Å². The lowest BCUT2D eigenvalue weighted by molar-refractivity contribution is 0.0690. The first-order valence-corrected chi connectivity index (χ1v) is 10.7. The van der Waals surface area contributed by atoms with E-state index in [0.29, 0.717) is 29.4 Å². The lowest BCUT2D eigenvalue weighted by Gasteiger charge is -2.07. The van der Waals surface area contributed by atoms with Crippen molar-refractivity contribution in [2.24, 2.45) is 0 Å². The van der Waals surface area contributed by atoms with Gasteiger partial charge in [-0.15, -0.1) is 0 Å². The van der Waals surface area contributed by atoms with E-state index in [9.17, 15) is 18.3 Å². The molecule has 0 aliphatic carbocycles. The fourth-order valence-electron chi connectivity index (χ4n) is 3.31. The third-order valence-corrected chi connectivity index (χ3v) is 5.24. The molecule has 9 nitrogen and oxygen atoms in total. The summed E-state index contributed by atoms with van der Waals surface area (Å²) in [4.78, 5) is 15.5. The molecule has 0 bridgehead atoms. The molecular formula is C22H19N5O4S. The van der Waals surface area contributed by atoms with Gasteiger partial charge in [0.1, 0.15) is 5.82 Å². The van der Waals surface area contributed by atoms with Crippen molar-refractivity contribution in [3.8, 4) is 17.1 Å². The lowest BCUT2D eigenvalue weighted by Crippen LogP contribution is -2.08. The van der Waals surface area contributed by atoms with Crippen LogP contribution in [-0.4, -0.2) is 34.3 Å². The highest BCUT2D eigenvalue weighted by Crippen LogP contribution is 2.31. The number of thiol groups is 1. The van der Waals surface area contributed by atoms with Crippen molar-refractivity contribution < 1.29 is 18.3 Å². The van der Waals surface area contributed by atoms with Gasteiger partial charge in [-0.25, -0.2) is 18.2 Å². The number of nitrogens with zero attached hydrogens (tertiary/aromatic N) is 3. The minimum atomic E-state index is -2.74. The number of hydrogen-bond donors (Lipinski definition) is 4. The van der Waals surface area contributed by atoms with Gasteiger partial charge in [0.25, 0.3) is 0 Å². The lowest BCUT2D eigenvalue weighted by atomic mass is 10.0. The molecule has 0 fully saturated rings. The zero-order valence-electron chi connectivity index (χ0n) is 16.7. The van der Waals surface area contributed by atoms with Crippen LogP contribution in [0.4, 0.5) is 11.5 Å². The van der Waals surface area contributed by atoms with Crippen LogP contribution in [0, 0.1) is 0 Å². The Morgan fingerprint density at radius 3 is 2.38 bits per heavy atom. The first-order chi connectivity index (χ1) is 15.4. The maximum atomic E-state index is 11.3. The molecule has 0 unspecified atom stereocenters. The summed E-state index contributed by atoms with van der Waals surface area (Å²) in [5.41, 5.74) is 9.96. The third-order valence-electron chi connectivity index (χ3n) is 4.80. The molecule has 4 aromatic rings. The Kier molecular flexibility index (Phi) is 5.86. The Labute approximate surface area is 185 Å². The number of aromatic carboxylic acids is 1. The molecule has 2 heterocycles. The van der Waals surface area contributed by atoms with Crippen LogP contribution in [0.1, 0.15) is 21.6 Å². The number of carboxylic acid groups (broad SMARTS) is 1. The second kappa shape index (κ2) is 8.90. The quantitative estimate of drug-likeness (QED) is 0.318. The van der Waals surface area contributed by atoms with E-state index in [-0.39, 0.29) is 5.69 Å². The van der Waals surface area contributed by atoms with Crippen LogP contribution in [0.25, 0.3) is 17.1 Å². The normalized spacial score (nSPS) is 10.9. The SMILES string of the molecule is Nc1c(Cc2ccc(N[SH](=O)=O)cc2)c(-c2ccccc2)nn1-c1cccc(C(=O)O)n1. The first kappa shape index (κ1) is 21.1. The zero-order chi connectivity index (χ0) is 22.7. The van der Waals surface area contributed by atoms with Crippen LogP contribution in [0.15, 0.2) is 72.8 Å². The maximum Gasteiger partial charge on any atom is 0.354 e. The smallest absolute Gasteiger partial charge is 0.354 e. The van der Waals surface area contributed by atoms with Crippen molar-refractivity contribution in [3.05, 3.63) is 89.6 Å². The number of nitrogens with two attached hydrogens (primary N) is 1. The second-order valence-electron chi connectivity index (χ2n) is 6.92. The van der Waals surface area contributed by atoms with Crippen molar-refractivity contribution in [2.45, 2.75) is 6.42 Å². The summed E-state index contributed by atoms with van der Waals surface area (Å²) in [7, 11) is -2.74. The number of carbonyl (C=O) groups is 1. The Morgan fingerprint density at radius 1 is 1.00 bits per heavy atom. The number of benzene rings is 2. The van der Waals surface area contributed by atoms with Gasteiger partial charge in [0.2, 0.25) is 10.9 Å². The van der Waals surface area contributed by atoms with Crippen LogP contribution in [0.2, 0.25) is 0 Å². The molecule has 10 heteroatoms. The summed E-state index contributed by atoms with van der Waals surface area (Å²) < 4.78 is 25.5. The highest BCUT2D eigenvalue weighted by atomic mass is 32.2. The monoisotopic (exact) mass is 449 g/mol. The summed E-state index contributed by atoms with van der Waals surface area (Å²) in [6.45, 7) is 0. The molecule has 0 amide bonds. The molecule has 32 heavy (non-hydrogen) atoms. The highest BCUT2D eigenvalue weighted by molar-refractivity contribution is 7.73. The maximum absolute atomic E-state index is 11.3. The van der Waals surface area contributed by atoms with Gasteiger partial charge in [-0.05, 0) is 29.8 Å². The number of carboxylic acids is 1. The Hall–Kier alpha value is -4.18. The zero-order valence-corrected chi connectivity index (χ0v) is 17.6. The molecule has 4 rings (SSSR count). The number of anilines is 2. The summed E-state index contributed by atoms with van der Waals surface area (Å²) in [6.07, 6.45) is 0.429. The van der Waals surface area contributed by atoms with Crippen LogP contribution < -0.4 is 10.5 Å². The van der Waals surface area contributed by atoms with Crippen molar-refractivity contribution in [2.75, 3.05) is 10.5 Å². The van der Waals surface area contributed by atoms with Crippen molar-refractivity contribution in [1.82, 2.24) is 14.8 Å². The molecule has 0 aliphatic heterocycles. The fraction of sp³-hybridized carbons (Fsp3) is 0.0455. The minimum absolute atomic E-state index is 0.111. The Balaban J connectivity index is 1.78. The topological polar surface area (TPSA) is 140 Å². The molecule has 0 spiro atoms. The predicted molar refractivity (Wildman–Crippen MR) is 121 cm³/mol. The van der Waals surface area contributed by atoms with Crippen molar-refractivity contribution in [3.63, 3.8) is 0 Å². The molecule has 0 atom stereocenters. The van der Waals surface area contributed by atoms with E-state index in [0.717, 1.165) is 16.7 Å².